The highest BCUT2D eigenvalue weighted by Crippen LogP contribution is 2.30. The van der Waals surface area contributed by atoms with E-state index in [0.717, 1.165) is 32.4 Å². The third-order valence-electron chi connectivity index (χ3n) is 4.18. The van der Waals surface area contributed by atoms with Crippen LogP contribution in [0.1, 0.15) is 39.0 Å². The van der Waals surface area contributed by atoms with Crippen LogP contribution in [0.2, 0.25) is 0 Å². The molecule has 1 fully saturated rings. The molecule has 4 nitrogen and oxygen atoms in total. The summed E-state index contributed by atoms with van der Waals surface area (Å²) in [5, 5.41) is 3.08. The number of nitrogens with zero attached hydrogens (tertiary/aromatic N) is 1. The van der Waals surface area contributed by atoms with E-state index in [1.54, 1.807) is 0 Å². The topological polar surface area (TPSA) is 58.4 Å². The predicted octanol–water partition coefficient (Wildman–Crippen LogP) is 1.21. The van der Waals surface area contributed by atoms with E-state index in [0.29, 0.717) is 12.0 Å². The Kier molecular flexibility index (Phi) is 6.65. The van der Waals surface area contributed by atoms with Crippen molar-refractivity contribution in [2.24, 2.45) is 17.6 Å². The van der Waals surface area contributed by atoms with Gasteiger partial charge in [-0.2, -0.15) is 0 Å². The molecule has 1 aliphatic rings. The summed E-state index contributed by atoms with van der Waals surface area (Å²) in [6.07, 6.45) is 5.56. The highest BCUT2D eigenvalue weighted by molar-refractivity contribution is 5.78. The predicted molar refractivity (Wildman–Crippen MR) is 75.3 cm³/mol. The molecule has 18 heavy (non-hydrogen) atoms. The molecule has 106 valence electrons. The molecular formula is C14H29N3O. The van der Waals surface area contributed by atoms with Crippen LogP contribution < -0.4 is 11.1 Å². The lowest BCUT2D eigenvalue weighted by atomic mass is 9.79. The smallest absolute Gasteiger partial charge is 0.223 e. The van der Waals surface area contributed by atoms with E-state index in [1.165, 1.54) is 12.8 Å². The Balaban J connectivity index is 2.32. The van der Waals surface area contributed by atoms with Crippen LogP contribution >= 0.6 is 0 Å². The molecule has 1 saturated carbocycles. The van der Waals surface area contributed by atoms with Gasteiger partial charge in [-0.3, -0.25) is 4.79 Å². The van der Waals surface area contributed by atoms with Crippen LogP contribution in [0.15, 0.2) is 0 Å². The van der Waals surface area contributed by atoms with Gasteiger partial charge in [0.25, 0.3) is 0 Å². The zero-order valence-electron chi connectivity index (χ0n) is 12.1. The maximum atomic E-state index is 12.1. The molecule has 0 bridgehead atoms. The molecule has 3 unspecified atom stereocenters. The molecule has 3 N–H and O–H groups in total. The summed E-state index contributed by atoms with van der Waals surface area (Å²) in [5.41, 5.74) is 5.61. The first-order valence-electron chi connectivity index (χ1n) is 7.18. The van der Waals surface area contributed by atoms with Crippen molar-refractivity contribution in [3.05, 3.63) is 0 Å². The Hall–Kier alpha value is -0.610. The summed E-state index contributed by atoms with van der Waals surface area (Å²) in [6, 6.07) is 0.386. The zero-order chi connectivity index (χ0) is 13.5. The lowest BCUT2D eigenvalue weighted by Gasteiger charge is -2.29. The van der Waals surface area contributed by atoms with E-state index in [4.69, 9.17) is 5.73 Å². The number of likely N-dealkylation sites (N-methyl/N-ethyl adjacent to an activating group) is 1. The average Bonchev–Trinajstić information content (AvgIpc) is 2.36. The van der Waals surface area contributed by atoms with Crippen LogP contribution in [0.3, 0.4) is 0 Å². The van der Waals surface area contributed by atoms with Gasteiger partial charge in [0.05, 0.1) is 0 Å². The second kappa shape index (κ2) is 7.74. The van der Waals surface area contributed by atoms with E-state index in [-0.39, 0.29) is 11.8 Å². The monoisotopic (exact) mass is 255 g/mol. The van der Waals surface area contributed by atoms with E-state index in [9.17, 15) is 4.79 Å². The number of rotatable bonds is 6. The van der Waals surface area contributed by atoms with Crippen molar-refractivity contribution in [1.29, 1.82) is 0 Å². The summed E-state index contributed by atoms with van der Waals surface area (Å²) < 4.78 is 0. The summed E-state index contributed by atoms with van der Waals surface area (Å²) in [7, 11) is 4.07. The molecule has 0 aliphatic heterocycles. The third kappa shape index (κ3) is 4.94. The molecule has 0 aromatic rings. The number of hydrogen-bond donors (Lipinski definition) is 2. The zero-order valence-corrected chi connectivity index (χ0v) is 12.1. The molecule has 1 rings (SSSR count). The number of carbonyl (C=O) groups is 1. The van der Waals surface area contributed by atoms with Gasteiger partial charge in [0, 0.05) is 18.5 Å². The first-order valence-corrected chi connectivity index (χ1v) is 7.18. The molecule has 0 heterocycles. The first kappa shape index (κ1) is 15.4. The van der Waals surface area contributed by atoms with Crippen molar-refractivity contribution >= 4 is 5.91 Å². The summed E-state index contributed by atoms with van der Waals surface area (Å²) in [6.45, 7) is 3.61. The van der Waals surface area contributed by atoms with E-state index >= 15 is 0 Å². The number of amides is 1. The largest absolute Gasteiger partial charge is 0.354 e. The van der Waals surface area contributed by atoms with Gasteiger partial charge in [0.15, 0.2) is 0 Å². The molecule has 0 saturated heterocycles. The van der Waals surface area contributed by atoms with Gasteiger partial charge < -0.3 is 16.0 Å². The van der Waals surface area contributed by atoms with Gasteiger partial charge >= 0.3 is 0 Å². The Bertz CT molecular complexity index is 253. The van der Waals surface area contributed by atoms with Crippen molar-refractivity contribution in [3.63, 3.8) is 0 Å². The molecule has 1 amide bonds. The second-order valence-corrected chi connectivity index (χ2v) is 5.86. The van der Waals surface area contributed by atoms with Crippen molar-refractivity contribution in [2.75, 3.05) is 27.2 Å². The van der Waals surface area contributed by atoms with Gasteiger partial charge in [-0.25, -0.2) is 0 Å². The molecule has 4 heteroatoms. The fourth-order valence-corrected chi connectivity index (χ4v) is 2.60. The van der Waals surface area contributed by atoms with Crippen molar-refractivity contribution in [1.82, 2.24) is 10.2 Å². The van der Waals surface area contributed by atoms with E-state index < -0.39 is 0 Å². The Morgan fingerprint density at radius 2 is 2.17 bits per heavy atom. The quantitative estimate of drug-likeness (QED) is 0.750. The van der Waals surface area contributed by atoms with Crippen molar-refractivity contribution in [2.45, 2.75) is 45.1 Å². The van der Waals surface area contributed by atoms with E-state index in [2.05, 4.69) is 17.1 Å². The van der Waals surface area contributed by atoms with Gasteiger partial charge in [0.1, 0.15) is 0 Å². The number of nitrogens with two attached hydrogens (primary N) is 1. The van der Waals surface area contributed by atoms with E-state index in [1.807, 2.05) is 14.1 Å². The number of carbonyl (C=O) groups excluding carboxylic acids is 1. The molecule has 3 atom stereocenters. The Morgan fingerprint density at radius 1 is 1.44 bits per heavy atom. The van der Waals surface area contributed by atoms with Crippen LogP contribution in [0.25, 0.3) is 0 Å². The SMILES string of the molecule is CC(CNC(=O)C1CCCC(CCN)C1)N(C)C. The highest BCUT2D eigenvalue weighted by atomic mass is 16.1. The number of nitrogens with one attached hydrogen (secondary N) is 1. The van der Waals surface area contributed by atoms with Crippen LogP contribution in [-0.4, -0.2) is 44.0 Å². The molecule has 0 spiro atoms. The third-order valence-corrected chi connectivity index (χ3v) is 4.18. The Morgan fingerprint density at radius 3 is 2.78 bits per heavy atom. The summed E-state index contributed by atoms with van der Waals surface area (Å²) >= 11 is 0. The minimum atomic E-state index is 0.213. The molecule has 0 aromatic heterocycles. The summed E-state index contributed by atoms with van der Waals surface area (Å²) in [4.78, 5) is 14.2. The van der Waals surface area contributed by atoms with Gasteiger partial charge in [-0.05, 0) is 52.7 Å². The average molecular weight is 255 g/mol. The maximum Gasteiger partial charge on any atom is 0.223 e. The first-order chi connectivity index (χ1) is 8.54. The van der Waals surface area contributed by atoms with Crippen LogP contribution in [0, 0.1) is 11.8 Å². The van der Waals surface area contributed by atoms with Crippen LogP contribution in [-0.2, 0) is 4.79 Å². The normalized spacial score (nSPS) is 26.1. The van der Waals surface area contributed by atoms with Crippen molar-refractivity contribution < 1.29 is 4.79 Å². The van der Waals surface area contributed by atoms with Crippen molar-refractivity contribution in [3.8, 4) is 0 Å². The fourth-order valence-electron chi connectivity index (χ4n) is 2.60. The second-order valence-electron chi connectivity index (χ2n) is 5.86. The molecule has 0 aromatic carbocycles. The van der Waals surface area contributed by atoms with Gasteiger partial charge in [-0.1, -0.05) is 12.8 Å². The minimum absolute atomic E-state index is 0.213. The molecular weight excluding hydrogens is 226 g/mol. The fraction of sp³-hybridized carbons (Fsp3) is 0.929. The van der Waals surface area contributed by atoms with Crippen LogP contribution in [0.4, 0.5) is 0 Å². The maximum absolute atomic E-state index is 12.1. The van der Waals surface area contributed by atoms with Crippen LogP contribution in [0.5, 0.6) is 0 Å². The van der Waals surface area contributed by atoms with Gasteiger partial charge in [-0.15, -0.1) is 0 Å². The summed E-state index contributed by atoms with van der Waals surface area (Å²) in [5.74, 6) is 1.11. The highest BCUT2D eigenvalue weighted by Gasteiger charge is 2.26. The van der Waals surface area contributed by atoms with Gasteiger partial charge in [0.2, 0.25) is 5.91 Å². The molecule has 0 radical (unpaired) electrons. The lowest BCUT2D eigenvalue weighted by Crippen LogP contribution is -2.41. The minimum Gasteiger partial charge on any atom is -0.354 e. The number of hydrogen-bond acceptors (Lipinski definition) is 3. The standard InChI is InChI=1S/C14H29N3O/c1-11(17(2)3)10-16-14(18)13-6-4-5-12(9-13)7-8-15/h11-13H,4-10,15H2,1-3H3,(H,16,18). The molecule has 1 aliphatic carbocycles. The lowest BCUT2D eigenvalue weighted by molar-refractivity contribution is -0.126. The Labute approximate surface area is 111 Å².